The summed E-state index contributed by atoms with van der Waals surface area (Å²) in [6.07, 6.45) is 0. The van der Waals surface area contributed by atoms with E-state index in [1.54, 1.807) is 6.92 Å². The summed E-state index contributed by atoms with van der Waals surface area (Å²) in [7, 11) is 0. The minimum absolute atomic E-state index is 0.603. The molecule has 0 saturated carbocycles. The van der Waals surface area contributed by atoms with Crippen LogP contribution in [0.1, 0.15) is 33.3 Å². The van der Waals surface area contributed by atoms with Crippen LogP contribution in [0.2, 0.25) is 0 Å². The number of hydrogen-bond donors (Lipinski definition) is 2. The molecule has 0 heterocycles. The smallest absolute Gasteiger partial charge is 0.0431 e. The molecule has 0 bridgehead atoms. The highest BCUT2D eigenvalue weighted by Gasteiger charge is 2.00. The lowest BCUT2D eigenvalue weighted by molar-refractivity contribution is 1.21. The Kier molecular flexibility index (Phi) is 6.46. The first-order valence-electron chi connectivity index (χ1n) is 5.14. The van der Waals surface area contributed by atoms with E-state index in [-0.39, 0.29) is 0 Å². The third-order valence-electron chi connectivity index (χ3n) is 1.70. The average Bonchev–Trinajstić information content (AvgIpc) is 2.22. The van der Waals surface area contributed by atoms with Crippen LogP contribution in [-0.2, 0) is 0 Å². The highest BCUT2D eigenvalue weighted by molar-refractivity contribution is 6.01. The van der Waals surface area contributed by atoms with Crippen LogP contribution in [0, 0.1) is 5.41 Å². The van der Waals surface area contributed by atoms with Crippen LogP contribution in [0.3, 0.4) is 0 Å². The summed E-state index contributed by atoms with van der Waals surface area (Å²) >= 11 is 0. The van der Waals surface area contributed by atoms with Crippen molar-refractivity contribution in [3.05, 3.63) is 29.8 Å². The van der Waals surface area contributed by atoms with Crippen LogP contribution < -0.4 is 5.32 Å². The molecule has 0 aliphatic heterocycles. The van der Waals surface area contributed by atoms with Gasteiger partial charge < -0.3 is 10.7 Å². The number of hydrogen-bond acceptors (Lipinski definition) is 2. The third kappa shape index (κ3) is 3.60. The van der Waals surface area contributed by atoms with Crippen molar-refractivity contribution >= 4 is 11.4 Å². The normalized spacial score (nSPS) is 8.57. The topological polar surface area (TPSA) is 35.9 Å². The Morgan fingerprint density at radius 3 is 2.36 bits per heavy atom. The molecule has 2 N–H and O–H groups in total. The van der Waals surface area contributed by atoms with E-state index in [0.717, 1.165) is 17.8 Å². The van der Waals surface area contributed by atoms with Crippen molar-refractivity contribution in [2.45, 2.75) is 27.7 Å². The molecule has 2 nitrogen and oxygen atoms in total. The van der Waals surface area contributed by atoms with Crippen molar-refractivity contribution in [3.8, 4) is 0 Å². The molecule has 0 aliphatic rings. The maximum atomic E-state index is 7.51. The molecule has 0 amide bonds. The highest BCUT2D eigenvalue weighted by Crippen LogP contribution is 2.14. The monoisotopic (exact) mass is 192 g/mol. The number of para-hydroxylation sites is 1. The Hall–Kier alpha value is -1.31. The molecule has 1 aromatic rings. The van der Waals surface area contributed by atoms with E-state index in [2.05, 4.69) is 12.2 Å². The second kappa shape index (κ2) is 7.13. The van der Waals surface area contributed by atoms with E-state index >= 15 is 0 Å². The molecule has 1 aromatic carbocycles. The zero-order valence-corrected chi connectivity index (χ0v) is 9.52. The molecule has 0 unspecified atom stereocenters. The lowest BCUT2D eigenvalue weighted by Gasteiger charge is -2.08. The second-order valence-electron chi connectivity index (χ2n) is 2.70. The van der Waals surface area contributed by atoms with Gasteiger partial charge in [-0.15, -0.1) is 0 Å². The highest BCUT2D eigenvalue weighted by atomic mass is 14.9. The van der Waals surface area contributed by atoms with Crippen LogP contribution in [0.5, 0.6) is 0 Å². The van der Waals surface area contributed by atoms with Crippen molar-refractivity contribution < 1.29 is 0 Å². The predicted octanol–water partition coefficient (Wildman–Crippen LogP) is 3.53. The number of benzene rings is 1. The van der Waals surface area contributed by atoms with Gasteiger partial charge in [0.15, 0.2) is 0 Å². The maximum absolute atomic E-state index is 7.51. The summed E-state index contributed by atoms with van der Waals surface area (Å²) < 4.78 is 0. The Balaban J connectivity index is 0.000000791. The van der Waals surface area contributed by atoms with Gasteiger partial charge in [0.1, 0.15) is 0 Å². The minimum Gasteiger partial charge on any atom is -0.385 e. The molecule has 0 spiro atoms. The van der Waals surface area contributed by atoms with Crippen molar-refractivity contribution in [2.24, 2.45) is 0 Å². The fraction of sp³-hybridized carbons (Fsp3) is 0.417. The number of anilines is 1. The van der Waals surface area contributed by atoms with E-state index in [1.807, 2.05) is 38.1 Å². The summed E-state index contributed by atoms with van der Waals surface area (Å²) in [6, 6.07) is 7.88. The van der Waals surface area contributed by atoms with Gasteiger partial charge in [0.2, 0.25) is 0 Å². The number of nitrogens with one attached hydrogen (secondary N) is 2. The van der Waals surface area contributed by atoms with E-state index in [1.165, 1.54) is 0 Å². The molecule has 14 heavy (non-hydrogen) atoms. The summed E-state index contributed by atoms with van der Waals surface area (Å²) in [5, 5.41) is 10.7. The Morgan fingerprint density at radius 2 is 1.86 bits per heavy atom. The van der Waals surface area contributed by atoms with Crippen LogP contribution >= 0.6 is 0 Å². The molecular weight excluding hydrogens is 172 g/mol. The quantitative estimate of drug-likeness (QED) is 0.706. The SMILES string of the molecule is CC.CCNc1ccccc1C(C)=N. The Labute approximate surface area is 86.9 Å². The summed E-state index contributed by atoms with van der Waals surface area (Å²) in [4.78, 5) is 0. The van der Waals surface area contributed by atoms with Gasteiger partial charge in [0.25, 0.3) is 0 Å². The van der Waals surface area contributed by atoms with Gasteiger partial charge in [-0.3, -0.25) is 0 Å². The number of rotatable bonds is 3. The molecule has 0 aromatic heterocycles. The zero-order chi connectivity index (χ0) is 11.0. The minimum atomic E-state index is 0.603. The second-order valence-corrected chi connectivity index (χ2v) is 2.70. The summed E-state index contributed by atoms with van der Waals surface area (Å²) in [5.74, 6) is 0. The van der Waals surface area contributed by atoms with Crippen LogP contribution in [0.15, 0.2) is 24.3 Å². The predicted molar refractivity (Wildman–Crippen MR) is 64.5 cm³/mol. The molecule has 0 aliphatic carbocycles. The van der Waals surface area contributed by atoms with Crippen molar-refractivity contribution in [3.63, 3.8) is 0 Å². The summed E-state index contributed by atoms with van der Waals surface area (Å²) in [5.41, 5.74) is 2.64. The van der Waals surface area contributed by atoms with E-state index in [4.69, 9.17) is 5.41 Å². The first-order chi connectivity index (χ1) is 6.75. The Morgan fingerprint density at radius 1 is 1.29 bits per heavy atom. The van der Waals surface area contributed by atoms with Gasteiger partial charge in [-0.05, 0) is 19.9 Å². The van der Waals surface area contributed by atoms with Gasteiger partial charge in [-0.2, -0.15) is 0 Å². The molecule has 0 radical (unpaired) electrons. The van der Waals surface area contributed by atoms with Gasteiger partial charge in [0, 0.05) is 23.5 Å². The van der Waals surface area contributed by atoms with Crippen LogP contribution in [-0.4, -0.2) is 12.3 Å². The van der Waals surface area contributed by atoms with Crippen LogP contribution in [0.25, 0.3) is 0 Å². The maximum Gasteiger partial charge on any atom is 0.0431 e. The van der Waals surface area contributed by atoms with Gasteiger partial charge >= 0.3 is 0 Å². The molecule has 1 rings (SSSR count). The van der Waals surface area contributed by atoms with Crippen molar-refractivity contribution in [1.29, 1.82) is 5.41 Å². The fourth-order valence-corrected chi connectivity index (χ4v) is 1.15. The van der Waals surface area contributed by atoms with Crippen molar-refractivity contribution in [2.75, 3.05) is 11.9 Å². The lowest BCUT2D eigenvalue weighted by atomic mass is 10.1. The van der Waals surface area contributed by atoms with Crippen molar-refractivity contribution in [1.82, 2.24) is 0 Å². The van der Waals surface area contributed by atoms with E-state index < -0.39 is 0 Å². The zero-order valence-electron chi connectivity index (χ0n) is 9.52. The van der Waals surface area contributed by atoms with Gasteiger partial charge in [-0.1, -0.05) is 32.0 Å². The molecular formula is C12H20N2. The van der Waals surface area contributed by atoms with Crippen LogP contribution in [0.4, 0.5) is 5.69 Å². The van der Waals surface area contributed by atoms with Gasteiger partial charge in [-0.25, -0.2) is 0 Å². The average molecular weight is 192 g/mol. The lowest BCUT2D eigenvalue weighted by Crippen LogP contribution is -2.03. The first-order valence-corrected chi connectivity index (χ1v) is 5.14. The molecule has 0 atom stereocenters. The molecule has 0 saturated heterocycles. The first kappa shape index (κ1) is 12.7. The van der Waals surface area contributed by atoms with E-state index in [9.17, 15) is 0 Å². The third-order valence-corrected chi connectivity index (χ3v) is 1.70. The molecule has 78 valence electrons. The molecule has 2 heteroatoms. The fourth-order valence-electron chi connectivity index (χ4n) is 1.15. The largest absolute Gasteiger partial charge is 0.385 e. The Bertz CT molecular complexity index is 279. The van der Waals surface area contributed by atoms with E-state index in [0.29, 0.717) is 5.71 Å². The summed E-state index contributed by atoms with van der Waals surface area (Å²) in [6.45, 7) is 8.75. The van der Waals surface area contributed by atoms with Gasteiger partial charge in [0.05, 0.1) is 0 Å². The standard InChI is InChI=1S/C10H14N2.C2H6/c1-3-12-10-7-5-4-6-9(10)8(2)11;1-2/h4-7,11-12H,3H2,1-2H3;1-2H3. The molecule has 0 fully saturated rings.